The quantitative estimate of drug-likeness (QED) is 0.823. The lowest BCUT2D eigenvalue weighted by molar-refractivity contribution is -0.0128. The van der Waals surface area contributed by atoms with Gasteiger partial charge in [-0.2, -0.15) is 0 Å². The highest BCUT2D eigenvalue weighted by Crippen LogP contribution is 2.30. The summed E-state index contributed by atoms with van der Waals surface area (Å²) in [6.07, 6.45) is 2.05. The van der Waals surface area contributed by atoms with Crippen LogP contribution in [0.25, 0.3) is 0 Å². The molecule has 1 atom stereocenters. The van der Waals surface area contributed by atoms with E-state index < -0.39 is 6.10 Å². The van der Waals surface area contributed by atoms with E-state index in [9.17, 15) is 5.11 Å². The van der Waals surface area contributed by atoms with E-state index in [0.29, 0.717) is 6.42 Å². The summed E-state index contributed by atoms with van der Waals surface area (Å²) in [7, 11) is 5.75. The number of benzene rings is 1. The van der Waals surface area contributed by atoms with Crippen molar-refractivity contribution >= 4 is 0 Å². The number of ether oxygens (including phenoxy) is 1. The van der Waals surface area contributed by atoms with E-state index in [1.807, 2.05) is 38.4 Å². The molecule has 3 heteroatoms. The Bertz CT molecular complexity index is 386. The second-order valence-electron chi connectivity index (χ2n) is 5.24. The average Bonchev–Trinajstić information content (AvgIpc) is 2.41. The third-order valence-electron chi connectivity index (χ3n) is 4.34. The highest BCUT2D eigenvalue weighted by atomic mass is 16.5. The number of rotatable bonds is 7. The lowest BCUT2D eigenvalue weighted by Crippen LogP contribution is -2.53. The Hall–Kier alpha value is -1.06. The number of methoxy groups -OCH3 is 1. The van der Waals surface area contributed by atoms with E-state index in [0.717, 1.165) is 24.2 Å². The van der Waals surface area contributed by atoms with Gasteiger partial charge in [-0.15, -0.1) is 0 Å². The molecule has 0 bridgehead atoms. The van der Waals surface area contributed by atoms with Crippen molar-refractivity contribution in [2.45, 2.75) is 44.8 Å². The Morgan fingerprint density at radius 1 is 1.21 bits per heavy atom. The van der Waals surface area contributed by atoms with Crippen LogP contribution < -0.4 is 4.74 Å². The lowest BCUT2D eigenvalue weighted by atomic mass is 9.82. The summed E-state index contributed by atoms with van der Waals surface area (Å²) in [6, 6.07) is 7.90. The molecule has 0 fully saturated rings. The van der Waals surface area contributed by atoms with E-state index >= 15 is 0 Å². The highest BCUT2D eigenvalue weighted by Gasteiger charge is 2.36. The molecule has 0 saturated heterocycles. The van der Waals surface area contributed by atoms with Crippen molar-refractivity contribution in [3.63, 3.8) is 0 Å². The Morgan fingerprint density at radius 3 is 2.26 bits per heavy atom. The maximum atomic E-state index is 10.7. The standard InChI is InChI=1S/C16H27NO2/c1-6-16(7-2,17(3)4)15(18)12-13-10-8-9-11-14(13)19-5/h8-11,15,18H,6-7,12H2,1-5H3. The van der Waals surface area contributed by atoms with Crippen LogP contribution in [0.15, 0.2) is 24.3 Å². The molecule has 0 amide bonds. The van der Waals surface area contributed by atoms with Gasteiger partial charge in [-0.05, 0) is 38.6 Å². The second kappa shape index (κ2) is 6.92. The minimum atomic E-state index is -0.409. The van der Waals surface area contributed by atoms with E-state index in [4.69, 9.17) is 4.74 Å². The third kappa shape index (κ3) is 3.28. The van der Waals surface area contributed by atoms with Crippen molar-refractivity contribution in [3.8, 4) is 5.75 Å². The summed E-state index contributed by atoms with van der Waals surface area (Å²) in [5, 5.41) is 10.7. The van der Waals surface area contributed by atoms with E-state index in [2.05, 4.69) is 18.7 Å². The first-order valence-corrected chi connectivity index (χ1v) is 6.99. The average molecular weight is 265 g/mol. The summed E-state index contributed by atoms with van der Waals surface area (Å²) < 4.78 is 5.36. The van der Waals surface area contributed by atoms with E-state index in [1.54, 1.807) is 7.11 Å². The molecule has 1 unspecified atom stereocenters. The van der Waals surface area contributed by atoms with Gasteiger partial charge in [0.1, 0.15) is 5.75 Å². The Kier molecular flexibility index (Phi) is 5.83. The molecular weight excluding hydrogens is 238 g/mol. The normalized spacial score (nSPS) is 13.6. The van der Waals surface area contributed by atoms with Crippen LogP contribution in [0.5, 0.6) is 5.75 Å². The summed E-state index contributed by atoms with van der Waals surface area (Å²) in [5.74, 6) is 0.849. The van der Waals surface area contributed by atoms with Crippen LogP contribution in [-0.4, -0.2) is 42.9 Å². The molecule has 0 spiro atoms. The number of hydrogen-bond donors (Lipinski definition) is 1. The predicted molar refractivity (Wildman–Crippen MR) is 79.7 cm³/mol. The molecule has 0 saturated carbocycles. The molecular formula is C16H27NO2. The maximum Gasteiger partial charge on any atom is 0.122 e. The fraction of sp³-hybridized carbons (Fsp3) is 0.625. The first-order chi connectivity index (χ1) is 9.01. The van der Waals surface area contributed by atoms with Crippen molar-refractivity contribution in [1.82, 2.24) is 4.90 Å². The second-order valence-corrected chi connectivity index (χ2v) is 5.24. The van der Waals surface area contributed by atoms with Gasteiger partial charge < -0.3 is 14.7 Å². The molecule has 0 heterocycles. The van der Waals surface area contributed by atoms with E-state index in [-0.39, 0.29) is 5.54 Å². The summed E-state index contributed by atoms with van der Waals surface area (Å²) in [4.78, 5) is 2.15. The monoisotopic (exact) mass is 265 g/mol. The zero-order valence-electron chi connectivity index (χ0n) is 12.8. The lowest BCUT2D eigenvalue weighted by Gasteiger charge is -2.42. The molecule has 1 aromatic carbocycles. The molecule has 0 aliphatic heterocycles. The largest absolute Gasteiger partial charge is 0.496 e. The van der Waals surface area contributed by atoms with Crippen molar-refractivity contribution in [2.75, 3.05) is 21.2 Å². The van der Waals surface area contributed by atoms with Crippen LogP contribution in [0.2, 0.25) is 0 Å². The number of hydrogen-bond acceptors (Lipinski definition) is 3. The molecule has 19 heavy (non-hydrogen) atoms. The van der Waals surface area contributed by atoms with Gasteiger partial charge in [0.2, 0.25) is 0 Å². The number of aliphatic hydroxyl groups excluding tert-OH is 1. The van der Waals surface area contributed by atoms with Crippen LogP contribution >= 0.6 is 0 Å². The van der Waals surface area contributed by atoms with Gasteiger partial charge in [-0.1, -0.05) is 32.0 Å². The highest BCUT2D eigenvalue weighted by molar-refractivity contribution is 5.34. The van der Waals surface area contributed by atoms with Crippen molar-refractivity contribution < 1.29 is 9.84 Å². The fourth-order valence-corrected chi connectivity index (χ4v) is 2.92. The SMILES string of the molecule is CCC(CC)(C(O)Cc1ccccc1OC)N(C)C. The number of para-hydroxylation sites is 1. The minimum absolute atomic E-state index is 0.180. The van der Waals surface area contributed by atoms with Crippen LogP contribution in [0.1, 0.15) is 32.3 Å². The summed E-state index contributed by atoms with van der Waals surface area (Å²) in [6.45, 7) is 4.27. The zero-order valence-corrected chi connectivity index (χ0v) is 12.8. The van der Waals surface area contributed by atoms with Gasteiger partial charge in [-0.3, -0.25) is 0 Å². The minimum Gasteiger partial charge on any atom is -0.496 e. The van der Waals surface area contributed by atoms with Crippen LogP contribution in [0.3, 0.4) is 0 Å². The van der Waals surface area contributed by atoms with Crippen LogP contribution in [-0.2, 0) is 6.42 Å². The van der Waals surface area contributed by atoms with Gasteiger partial charge in [0, 0.05) is 12.0 Å². The first-order valence-electron chi connectivity index (χ1n) is 6.99. The fourth-order valence-electron chi connectivity index (χ4n) is 2.92. The zero-order chi connectivity index (χ0) is 14.5. The molecule has 1 rings (SSSR count). The van der Waals surface area contributed by atoms with Gasteiger partial charge in [0.25, 0.3) is 0 Å². The molecule has 0 aromatic heterocycles. The smallest absolute Gasteiger partial charge is 0.122 e. The summed E-state index contributed by atoms with van der Waals surface area (Å²) >= 11 is 0. The van der Waals surface area contributed by atoms with Gasteiger partial charge >= 0.3 is 0 Å². The molecule has 0 aliphatic carbocycles. The Morgan fingerprint density at radius 2 is 1.79 bits per heavy atom. The molecule has 1 N–H and O–H groups in total. The molecule has 3 nitrogen and oxygen atoms in total. The Balaban J connectivity index is 2.96. The first kappa shape index (κ1) is 16.0. The molecule has 0 radical (unpaired) electrons. The predicted octanol–water partition coefficient (Wildman–Crippen LogP) is 2.72. The molecule has 1 aromatic rings. The molecule has 0 aliphatic rings. The number of likely N-dealkylation sites (N-methyl/N-ethyl adjacent to an activating group) is 1. The van der Waals surface area contributed by atoms with Crippen molar-refractivity contribution in [3.05, 3.63) is 29.8 Å². The summed E-state index contributed by atoms with van der Waals surface area (Å²) in [5.41, 5.74) is 0.881. The third-order valence-corrected chi connectivity index (χ3v) is 4.34. The van der Waals surface area contributed by atoms with Crippen molar-refractivity contribution in [1.29, 1.82) is 0 Å². The van der Waals surface area contributed by atoms with Gasteiger partial charge in [0.05, 0.1) is 13.2 Å². The molecule has 108 valence electrons. The van der Waals surface area contributed by atoms with Crippen LogP contribution in [0, 0.1) is 0 Å². The Labute approximate surface area is 117 Å². The van der Waals surface area contributed by atoms with Gasteiger partial charge in [-0.25, -0.2) is 0 Å². The topological polar surface area (TPSA) is 32.7 Å². The number of nitrogens with zero attached hydrogens (tertiary/aromatic N) is 1. The maximum absolute atomic E-state index is 10.7. The van der Waals surface area contributed by atoms with Gasteiger partial charge in [0.15, 0.2) is 0 Å². The number of aliphatic hydroxyl groups is 1. The van der Waals surface area contributed by atoms with E-state index in [1.165, 1.54) is 0 Å². The van der Waals surface area contributed by atoms with Crippen molar-refractivity contribution in [2.24, 2.45) is 0 Å². The van der Waals surface area contributed by atoms with Crippen LogP contribution in [0.4, 0.5) is 0 Å².